The molecule has 0 atom stereocenters. The van der Waals surface area contributed by atoms with Gasteiger partial charge in [0.15, 0.2) is 0 Å². The number of nitrogens with zero attached hydrogens (tertiary/aromatic N) is 4. The average Bonchev–Trinajstić information content (AvgIpc) is 3.20. The van der Waals surface area contributed by atoms with Crippen molar-refractivity contribution in [3.8, 4) is 16.9 Å². The normalized spacial score (nSPS) is 11.6. The highest BCUT2D eigenvalue weighted by molar-refractivity contribution is 7.89. The van der Waals surface area contributed by atoms with Crippen molar-refractivity contribution in [2.24, 2.45) is 5.10 Å². The van der Waals surface area contributed by atoms with E-state index in [1.165, 1.54) is 18.3 Å². The number of hydrogen-bond donors (Lipinski definition) is 1. The van der Waals surface area contributed by atoms with Gasteiger partial charge in [0.1, 0.15) is 5.69 Å². The number of hydrogen-bond acceptors (Lipinski definition) is 5. The highest BCUT2D eigenvalue weighted by Gasteiger charge is 2.13. The van der Waals surface area contributed by atoms with Gasteiger partial charge in [-0.2, -0.15) is 18.6 Å². The molecule has 0 unspecified atom stereocenters. The number of hydrazone groups is 1. The Balaban J connectivity index is 1.67. The number of nitrogens with one attached hydrogen (secondary N) is 1. The SMILES string of the molecule is O=S(=O)(N/N=C/c1cn(-c2ccccc2)nc1-c1cccnc1)c1ccccc1. The number of aromatic nitrogens is 3. The Morgan fingerprint density at radius 1 is 0.931 bits per heavy atom. The predicted octanol–water partition coefficient (Wildman–Crippen LogP) is 3.25. The Morgan fingerprint density at radius 3 is 2.34 bits per heavy atom. The summed E-state index contributed by atoms with van der Waals surface area (Å²) in [5, 5.41) is 8.58. The molecule has 0 bridgehead atoms. The lowest BCUT2D eigenvalue weighted by molar-refractivity contribution is 0.584. The Kier molecular flexibility index (Phi) is 5.17. The summed E-state index contributed by atoms with van der Waals surface area (Å²) >= 11 is 0. The van der Waals surface area contributed by atoms with Gasteiger partial charge in [0, 0.05) is 29.7 Å². The molecule has 0 aliphatic heterocycles. The van der Waals surface area contributed by atoms with Crippen molar-refractivity contribution >= 4 is 16.2 Å². The van der Waals surface area contributed by atoms with E-state index in [1.54, 1.807) is 41.5 Å². The zero-order valence-corrected chi connectivity index (χ0v) is 16.1. The van der Waals surface area contributed by atoms with Crippen LogP contribution in [0.15, 0.2) is 101 Å². The van der Waals surface area contributed by atoms with Crippen LogP contribution < -0.4 is 4.83 Å². The van der Waals surface area contributed by atoms with Gasteiger partial charge >= 0.3 is 0 Å². The molecule has 2 aromatic carbocycles. The van der Waals surface area contributed by atoms with Crippen molar-refractivity contribution in [2.45, 2.75) is 4.90 Å². The first-order chi connectivity index (χ1) is 14.1. The maximum absolute atomic E-state index is 12.3. The van der Waals surface area contributed by atoms with Crippen molar-refractivity contribution < 1.29 is 8.42 Å². The van der Waals surface area contributed by atoms with Crippen molar-refractivity contribution in [3.05, 3.63) is 97.0 Å². The van der Waals surface area contributed by atoms with Crippen molar-refractivity contribution in [2.75, 3.05) is 0 Å². The predicted molar refractivity (Wildman–Crippen MR) is 111 cm³/mol. The molecule has 0 fully saturated rings. The Bertz CT molecular complexity index is 1220. The third-order valence-corrected chi connectivity index (χ3v) is 5.37. The van der Waals surface area contributed by atoms with E-state index in [9.17, 15) is 8.42 Å². The molecule has 0 saturated heterocycles. The Morgan fingerprint density at radius 2 is 1.66 bits per heavy atom. The molecular weight excluding hydrogens is 386 g/mol. The molecule has 29 heavy (non-hydrogen) atoms. The van der Waals surface area contributed by atoms with Crippen LogP contribution in [0.2, 0.25) is 0 Å². The summed E-state index contributed by atoms with van der Waals surface area (Å²) in [6.07, 6.45) is 6.61. The zero-order chi connectivity index (χ0) is 20.1. The summed E-state index contributed by atoms with van der Waals surface area (Å²) in [6, 6.07) is 21.4. The minimum Gasteiger partial charge on any atom is -0.264 e. The molecule has 2 aromatic heterocycles. The molecule has 0 saturated carbocycles. The first-order valence-corrected chi connectivity index (χ1v) is 10.3. The fraction of sp³-hybridized carbons (Fsp3) is 0. The van der Waals surface area contributed by atoms with E-state index in [2.05, 4.69) is 20.0 Å². The van der Waals surface area contributed by atoms with E-state index in [1.807, 2.05) is 42.5 Å². The third kappa shape index (κ3) is 4.22. The van der Waals surface area contributed by atoms with Crippen LogP contribution in [0.5, 0.6) is 0 Å². The average molecular weight is 403 g/mol. The van der Waals surface area contributed by atoms with Crippen LogP contribution in [0.4, 0.5) is 0 Å². The van der Waals surface area contributed by atoms with E-state index in [0.717, 1.165) is 11.3 Å². The maximum Gasteiger partial charge on any atom is 0.276 e. The van der Waals surface area contributed by atoms with Gasteiger partial charge < -0.3 is 0 Å². The highest BCUT2D eigenvalue weighted by atomic mass is 32.2. The van der Waals surface area contributed by atoms with Crippen LogP contribution in [0.1, 0.15) is 5.56 Å². The molecule has 2 heterocycles. The third-order valence-electron chi connectivity index (χ3n) is 4.13. The minimum atomic E-state index is -3.74. The van der Waals surface area contributed by atoms with Gasteiger partial charge in [0.2, 0.25) is 0 Å². The number of rotatable bonds is 6. The lowest BCUT2D eigenvalue weighted by Crippen LogP contribution is -2.18. The van der Waals surface area contributed by atoms with Crippen molar-refractivity contribution in [3.63, 3.8) is 0 Å². The van der Waals surface area contributed by atoms with E-state index in [4.69, 9.17) is 0 Å². The molecule has 0 aliphatic carbocycles. The second kappa shape index (κ2) is 8.07. The van der Waals surface area contributed by atoms with Gasteiger partial charge in [-0.3, -0.25) is 4.98 Å². The smallest absolute Gasteiger partial charge is 0.264 e. The fourth-order valence-electron chi connectivity index (χ4n) is 2.74. The largest absolute Gasteiger partial charge is 0.276 e. The molecule has 144 valence electrons. The second-order valence-corrected chi connectivity index (χ2v) is 7.78. The molecule has 4 aromatic rings. The van der Waals surface area contributed by atoms with Crippen molar-refractivity contribution in [1.29, 1.82) is 0 Å². The monoisotopic (exact) mass is 403 g/mol. The molecule has 0 spiro atoms. The summed E-state index contributed by atoms with van der Waals surface area (Å²) in [5.41, 5.74) is 2.97. The number of pyridine rings is 1. The summed E-state index contributed by atoms with van der Waals surface area (Å²) in [5.74, 6) is 0. The van der Waals surface area contributed by atoms with Gasteiger partial charge in [-0.05, 0) is 36.4 Å². The molecule has 1 N–H and O–H groups in total. The number of benzene rings is 2. The summed E-state index contributed by atoms with van der Waals surface area (Å²) in [7, 11) is -3.74. The first-order valence-electron chi connectivity index (χ1n) is 8.79. The Labute approximate surface area is 168 Å². The molecule has 7 nitrogen and oxygen atoms in total. The van der Waals surface area contributed by atoms with E-state index < -0.39 is 10.0 Å². The number of sulfonamides is 1. The topological polar surface area (TPSA) is 89.2 Å². The molecule has 4 rings (SSSR count). The minimum absolute atomic E-state index is 0.143. The van der Waals surface area contributed by atoms with E-state index in [0.29, 0.717) is 11.3 Å². The van der Waals surface area contributed by atoms with Crippen LogP contribution in [-0.4, -0.2) is 29.4 Å². The fourth-order valence-corrected chi connectivity index (χ4v) is 3.55. The molecule has 0 aliphatic rings. The van der Waals surface area contributed by atoms with Gasteiger partial charge in [-0.15, -0.1) is 0 Å². The first kappa shape index (κ1) is 18.6. The summed E-state index contributed by atoms with van der Waals surface area (Å²) in [6.45, 7) is 0. The lowest BCUT2D eigenvalue weighted by atomic mass is 10.1. The van der Waals surface area contributed by atoms with Crippen molar-refractivity contribution in [1.82, 2.24) is 19.6 Å². The lowest BCUT2D eigenvalue weighted by Gasteiger charge is -2.02. The Hall–Kier alpha value is -3.78. The zero-order valence-electron chi connectivity index (χ0n) is 15.3. The van der Waals surface area contributed by atoms with Crippen LogP contribution in [0, 0.1) is 0 Å². The van der Waals surface area contributed by atoms with E-state index >= 15 is 0 Å². The van der Waals surface area contributed by atoms with Gasteiger partial charge in [0.05, 0.1) is 16.8 Å². The standard InChI is InChI=1S/C21H17N5O2S/c27-29(28,20-11-5-2-6-12-20)25-23-15-18-16-26(19-9-3-1-4-10-19)24-21(18)17-8-7-13-22-14-17/h1-16,25H/b23-15+. The van der Waals surface area contributed by atoms with E-state index in [-0.39, 0.29) is 4.90 Å². The van der Waals surface area contributed by atoms with Crippen LogP contribution >= 0.6 is 0 Å². The second-order valence-electron chi connectivity index (χ2n) is 6.12. The van der Waals surface area contributed by atoms with Crippen LogP contribution in [0.25, 0.3) is 16.9 Å². The molecule has 0 amide bonds. The highest BCUT2D eigenvalue weighted by Crippen LogP contribution is 2.21. The maximum atomic E-state index is 12.3. The van der Waals surface area contributed by atoms with Gasteiger partial charge in [-0.25, -0.2) is 9.51 Å². The summed E-state index contributed by atoms with van der Waals surface area (Å²) in [4.78, 5) is 6.52. The number of para-hydroxylation sites is 1. The molecule has 8 heteroatoms. The van der Waals surface area contributed by atoms with Crippen LogP contribution in [0.3, 0.4) is 0 Å². The molecule has 0 radical (unpaired) electrons. The summed E-state index contributed by atoms with van der Waals surface area (Å²) < 4.78 is 26.4. The van der Waals surface area contributed by atoms with Crippen LogP contribution in [-0.2, 0) is 10.0 Å². The molecular formula is C21H17N5O2S. The quantitative estimate of drug-likeness (QED) is 0.395. The van der Waals surface area contributed by atoms with Gasteiger partial charge in [-0.1, -0.05) is 36.4 Å². The van der Waals surface area contributed by atoms with Gasteiger partial charge in [0.25, 0.3) is 10.0 Å².